The lowest BCUT2D eigenvalue weighted by molar-refractivity contribution is -0.384. The van der Waals surface area contributed by atoms with Crippen molar-refractivity contribution < 1.29 is 28.8 Å². The second kappa shape index (κ2) is 8.84. The maximum atomic E-state index is 12.9. The van der Waals surface area contributed by atoms with Gasteiger partial charge in [0.15, 0.2) is 11.5 Å². The van der Waals surface area contributed by atoms with Crippen LogP contribution in [0.2, 0.25) is 5.02 Å². The molecule has 1 aliphatic rings. The molecule has 0 aromatic heterocycles. The van der Waals surface area contributed by atoms with Gasteiger partial charge in [0.25, 0.3) is 17.5 Å². The van der Waals surface area contributed by atoms with Crippen molar-refractivity contribution in [1.82, 2.24) is 5.32 Å². The van der Waals surface area contributed by atoms with Gasteiger partial charge in [-0.15, -0.1) is 0 Å². The Morgan fingerprint density at radius 1 is 1.19 bits per heavy atom. The van der Waals surface area contributed by atoms with Gasteiger partial charge in [0, 0.05) is 12.1 Å². The highest BCUT2D eigenvalue weighted by Gasteiger charge is 2.37. The van der Waals surface area contributed by atoms with Crippen LogP contribution in [0.3, 0.4) is 0 Å². The molecule has 3 rings (SSSR count). The Balaban J connectivity index is 2.02. The molecule has 1 fully saturated rings. The zero-order chi connectivity index (χ0) is 22.7. The van der Waals surface area contributed by atoms with Crippen LogP contribution in [-0.4, -0.2) is 36.5 Å². The zero-order valence-electron chi connectivity index (χ0n) is 16.4. The van der Waals surface area contributed by atoms with Gasteiger partial charge < -0.3 is 9.47 Å². The molecule has 0 spiro atoms. The molecular formula is C20H16ClN3O7. The highest BCUT2D eigenvalue weighted by molar-refractivity contribution is 6.39. The van der Waals surface area contributed by atoms with E-state index in [1.807, 2.05) is 0 Å². The minimum atomic E-state index is -0.969. The van der Waals surface area contributed by atoms with E-state index in [4.69, 9.17) is 21.1 Å². The van der Waals surface area contributed by atoms with Crippen LogP contribution < -0.4 is 19.7 Å². The van der Waals surface area contributed by atoms with E-state index >= 15 is 0 Å². The van der Waals surface area contributed by atoms with E-state index in [0.717, 1.165) is 12.1 Å². The van der Waals surface area contributed by atoms with Crippen LogP contribution in [0.4, 0.5) is 16.2 Å². The van der Waals surface area contributed by atoms with Gasteiger partial charge in [-0.05, 0) is 42.8 Å². The summed E-state index contributed by atoms with van der Waals surface area (Å²) < 4.78 is 10.7. The molecule has 0 saturated carbocycles. The summed E-state index contributed by atoms with van der Waals surface area (Å²) in [6.45, 7) is 2.10. The number of nitro groups is 1. The molecule has 0 bridgehead atoms. The van der Waals surface area contributed by atoms with Crippen molar-refractivity contribution >= 4 is 46.9 Å². The van der Waals surface area contributed by atoms with Gasteiger partial charge in [-0.3, -0.25) is 25.0 Å². The fraction of sp³-hybridized carbons (Fsp3) is 0.150. The van der Waals surface area contributed by atoms with Crippen molar-refractivity contribution in [3.8, 4) is 11.5 Å². The van der Waals surface area contributed by atoms with Crippen molar-refractivity contribution in [2.75, 3.05) is 18.6 Å². The first kappa shape index (κ1) is 21.8. The van der Waals surface area contributed by atoms with Crippen molar-refractivity contribution in [2.24, 2.45) is 0 Å². The molecule has 11 heteroatoms. The first-order valence-corrected chi connectivity index (χ1v) is 9.30. The molecule has 2 aromatic rings. The Labute approximate surface area is 181 Å². The molecule has 2 aromatic carbocycles. The summed E-state index contributed by atoms with van der Waals surface area (Å²) in [5, 5.41) is 13.1. The third-order valence-corrected chi connectivity index (χ3v) is 4.55. The van der Waals surface area contributed by atoms with Crippen molar-refractivity contribution in [3.05, 3.63) is 62.7 Å². The van der Waals surface area contributed by atoms with Gasteiger partial charge in [-0.1, -0.05) is 11.6 Å². The number of anilines is 1. The third kappa shape index (κ3) is 4.33. The monoisotopic (exact) mass is 445 g/mol. The molecule has 0 radical (unpaired) electrons. The summed E-state index contributed by atoms with van der Waals surface area (Å²) in [5.74, 6) is -1.17. The Morgan fingerprint density at radius 2 is 1.87 bits per heavy atom. The molecule has 1 heterocycles. The number of non-ortho nitro benzene ring substituents is 1. The van der Waals surface area contributed by atoms with E-state index in [9.17, 15) is 24.5 Å². The van der Waals surface area contributed by atoms with E-state index in [1.165, 1.54) is 37.5 Å². The number of carbonyl (C=O) groups is 3. The number of methoxy groups -OCH3 is 1. The number of carbonyl (C=O) groups excluding carboxylic acids is 3. The van der Waals surface area contributed by atoms with Crippen LogP contribution in [0.25, 0.3) is 6.08 Å². The van der Waals surface area contributed by atoms with Crippen molar-refractivity contribution in [3.63, 3.8) is 0 Å². The molecule has 0 unspecified atom stereocenters. The number of barbiturate groups is 1. The lowest BCUT2D eigenvalue weighted by Gasteiger charge is -2.26. The maximum Gasteiger partial charge on any atom is 0.335 e. The summed E-state index contributed by atoms with van der Waals surface area (Å²) in [4.78, 5) is 48.5. The molecule has 0 atom stereocenters. The molecule has 31 heavy (non-hydrogen) atoms. The van der Waals surface area contributed by atoms with E-state index < -0.39 is 22.8 Å². The number of imide groups is 2. The predicted molar refractivity (Wildman–Crippen MR) is 111 cm³/mol. The first-order valence-electron chi connectivity index (χ1n) is 8.93. The molecule has 0 aliphatic carbocycles. The normalized spacial score (nSPS) is 15.1. The van der Waals surface area contributed by atoms with Crippen LogP contribution in [0.15, 0.2) is 42.0 Å². The summed E-state index contributed by atoms with van der Waals surface area (Å²) in [6.07, 6.45) is 1.26. The van der Waals surface area contributed by atoms with Gasteiger partial charge >= 0.3 is 6.03 Å². The molecule has 1 N–H and O–H groups in total. The van der Waals surface area contributed by atoms with Crippen molar-refractivity contribution in [2.45, 2.75) is 6.92 Å². The van der Waals surface area contributed by atoms with Crippen LogP contribution >= 0.6 is 11.6 Å². The van der Waals surface area contributed by atoms with Crippen LogP contribution in [0.1, 0.15) is 12.5 Å². The van der Waals surface area contributed by atoms with E-state index in [-0.39, 0.29) is 22.0 Å². The van der Waals surface area contributed by atoms with Crippen LogP contribution in [0.5, 0.6) is 11.5 Å². The van der Waals surface area contributed by atoms with Crippen molar-refractivity contribution in [1.29, 1.82) is 0 Å². The largest absolute Gasteiger partial charge is 0.491 e. The number of halogens is 1. The van der Waals surface area contributed by atoms with E-state index in [2.05, 4.69) is 5.32 Å². The van der Waals surface area contributed by atoms with Crippen LogP contribution in [0, 0.1) is 10.1 Å². The van der Waals surface area contributed by atoms with Gasteiger partial charge in [0.1, 0.15) is 5.57 Å². The minimum Gasteiger partial charge on any atom is -0.491 e. The summed E-state index contributed by atoms with van der Waals surface area (Å²) in [6, 6.07) is 6.81. The Bertz CT molecular complexity index is 1110. The molecule has 1 aliphatic heterocycles. The Kier molecular flexibility index (Phi) is 6.21. The second-order valence-electron chi connectivity index (χ2n) is 6.20. The molecule has 10 nitrogen and oxygen atoms in total. The smallest absolute Gasteiger partial charge is 0.335 e. The average Bonchev–Trinajstić information content (AvgIpc) is 2.71. The fourth-order valence-electron chi connectivity index (χ4n) is 2.91. The predicted octanol–water partition coefficient (Wildman–Crippen LogP) is 3.32. The number of urea groups is 1. The van der Waals surface area contributed by atoms with Gasteiger partial charge in [0.2, 0.25) is 0 Å². The highest BCUT2D eigenvalue weighted by Crippen LogP contribution is 2.37. The lowest BCUT2D eigenvalue weighted by atomic mass is 10.1. The molecular weight excluding hydrogens is 430 g/mol. The number of nitro benzene ring substituents is 1. The summed E-state index contributed by atoms with van der Waals surface area (Å²) in [7, 11) is 1.42. The van der Waals surface area contributed by atoms with Crippen LogP contribution in [-0.2, 0) is 9.59 Å². The number of ether oxygens (including phenoxy) is 2. The molecule has 1 saturated heterocycles. The number of nitrogens with zero attached hydrogens (tertiary/aromatic N) is 2. The SMILES string of the molecule is CCOc1cc(/C=C2/C(=O)NC(=O)N(c3ccc([N+](=O)[O-])cc3)C2=O)cc(Cl)c1OC. The fourth-order valence-corrected chi connectivity index (χ4v) is 3.21. The van der Waals surface area contributed by atoms with E-state index in [0.29, 0.717) is 28.6 Å². The standard InChI is InChI=1S/C20H16ClN3O7/c1-3-31-16-10-11(9-15(21)17(16)30-2)8-14-18(25)22-20(27)23(19(14)26)12-4-6-13(7-5-12)24(28)29/h4-10H,3H2,1-2H3,(H,22,25,27)/b14-8-. The zero-order valence-corrected chi connectivity index (χ0v) is 17.1. The number of hydrogen-bond acceptors (Lipinski definition) is 7. The number of benzene rings is 2. The Hall–Kier alpha value is -3.92. The molecule has 160 valence electrons. The quantitative estimate of drug-likeness (QED) is 0.312. The van der Waals surface area contributed by atoms with Gasteiger partial charge in [0.05, 0.1) is 29.4 Å². The van der Waals surface area contributed by atoms with Gasteiger partial charge in [-0.25, -0.2) is 9.69 Å². The number of rotatable bonds is 6. The minimum absolute atomic E-state index is 0.0641. The summed E-state index contributed by atoms with van der Waals surface area (Å²) in [5.41, 5.74) is -0.113. The molecule has 4 amide bonds. The number of nitrogens with one attached hydrogen (secondary N) is 1. The summed E-state index contributed by atoms with van der Waals surface area (Å²) >= 11 is 6.21. The second-order valence-corrected chi connectivity index (χ2v) is 6.61. The Morgan fingerprint density at radius 3 is 2.45 bits per heavy atom. The first-order chi connectivity index (χ1) is 14.8. The topological polar surface area (TPSA) is 128 Å². The number of hydrogen-bond donors (Lipinski definition) is 1. The number of amides is 4. The lowest BCUT2D eigenvalue weighted by Crippen LogP contribution is -2.54. The highest BCUT2D eigenvalue weighted by atomic mass is 35.5. The maximum absolute atomic E-state index is 12.9. The van der Waals surface area contributed by atoms with Gasteiger partial charge in [-0.2, -0.15) is 0 Å². The van der Waals surface area contributed by atoms with E-state index in [1.54, 1.807) is 6.92 Å². The average molecular weight is 446 g/mol. The third-order valence-electron chi connectivity index (χ3n) is 4.27.